The van der Waals surface area contributed by atoms with Crippen LogP contribution < -0.4 is 10.5 Å². The first-order chi connectivity index (χ1) is 13.8. The summed E-state index contributed by atoms with van der Waals surface area (Å²) in [7, 11) is 0. The molecule has 6 heteroatoms. The van der Waals surface area contributed by atoms with E-state index >= 15 is 0 Å². The normalized spacial score (nSPS) is 19.1. The summed E-state index contributed by atoms with van der Waals surface area (Å²) in [6.45, 7) is 5.32. The van der Waals surface area contributed by atoms with E-state index in [1.54, 1.807) is 6.07 Å². The van der Waals surface area contributed by atoms with Crippen LogP contribution in [-0.2, 0) is 4.79 Å². The highest BCUT2D eigenvalue weighted by molar-refractivity contribution is 6.31. The third kappa shape index (κ3) is 5.30. The number of piperidine rings is 1. The Hall–Kier alpha value is -2.53. The summed E-state index contributed by atoms with van der Waals surface area (Å²) >= 11 is 6.09. The molecule has 1 aliphatic heterocycles. The van der Waals surface area contributed by atoms with Gasteiger partial charge in [-0.3, -0.25) is 9.59 Å². The zero-order chi connectivity index (χ0) is 21.0. The first kappa shape index (κ1) is 21.2. The van der Waals surface area contributed by atoms with Gasteiger partial charge < -0.3 is 15.4 Å². The molecule has 1 heterocycles. The average molecular weight is 415 g/mol. The molecule has 1 fully saturated rings. The number of nitrogens with zero attached hydrogens (tertiary/aromatic N) is 1. The third-order valence-corrected chi connectivity index (χ3v) is 5.89. The second-order valence-electron chi connectivity index (χ2n) is 8.04. The molecule has 0 radical (unpaired) electrons. The highest BCUT2D eigenvalue weighted by Crippen LogP contribution is 2.35. The quantitative estimate of drug-likeness (QED) is 0.772. The van der Waals surface area contributed by atoms with Crippen molar-refractivity contribution in [2.75, 3.05) is 19.7 Å². The van der Waals surface area contributed by atoms with Crippen LogP contribution >= 0.6 is 11.6 Å². The molecule has 2 N–H and O–H groups in total. The number of carbonyl (C=O) groups is 2. The molecular weight excluding hydrogens is 388 g/mol. The summed E-state index contributed by atoms with van der Waals surface area (Å²) < 4.78 is 6.03. The van der Waals surface area contributed by atoms with Gasteiger partial charge in [0.25, 0.3) is 5.91 Å². The van der Waals surface area contributed by atoms with Gasteiger partial charge in [0, 0.05) is 35.5 Å². The van der Waals surface area contributed by atoms with Crippen molar-refractivity contribution in [3.63, 3.8) is 0 Å². The smallest absolute Gasteiger partial charge is 0.253 e. The Kier molecular flexibility index (Phi) is 6.48. The average Bonchev–Trinajstić information content (AvgIpc) is 2.69. The number of amides is 2. The lowest BCUT2D eigenvalue weighted by Crippen LogP contribution is -2.50. The van der Waals surface area contributed by atoms with Gasteiger partial charge >= 0.3 is 0 Å². The Balaban J connectivity index is 1.77. The molecule has 0 aromatic heterocycles. The van der Waals surface area contributed by atoms with Crippen molar-refractivity contribution in [2.45, 2.75) is 33.1 Å². The van der Waals surface area contributed by atoms with Gasteiger partial charge in [0.15, 0.2) is 0 Å². The highest BCUT2D eigenvalue weighted by Gasteiger charge is 2.39. The van der Waals surface area contributed by atoms with Crippen molar-refractivity contribution in [3.05, 3.63) is 64.2 Å². The van der Waals surface area contributed by atoms with Crippen molar-refractivity contribution in [1.82, 2.24) is 4.90 Å². The third-order valence-electron chi connectivity index (χ3n) is 5.47. The number of benzene rings is 2. The first-order valence-corrected chi connectivity index (χ1v) is 10.2. The van der Waals surface area contributed by atoms with Crippen molar-refractivity contribution in [1.29, 1.82) is 0 Å². The number of rotatable bonds is 6. The van der Waals surface area contributed by atoms with Gasteiger partial charge in [0.2, 0.25) is 5.91 Å². The van der Waals surface area contributed by atoms with Crippen LogP contribution in [0.4, 0.5) is 0 Å². The Morgan fingerprint density at radius 2 is 1.90 bits per heavy atom. The van der Waals surface area contributed by atoms with Gasteiger partial charge in [-0.25, -0.2) is 0 Å². The number of hydrogen-bond donors (Lipinski definition) is 1. The van der Waals surface area contributed by atoms with Gasteiger partial charge in [-0.05, 0) is 62.6 Å². The van der Waals surface area contributed by atoms with Gasteiger partial charge in [0.1, 0.15) is 5.75 Å². The molecule has 0 spiro atoms. The van der Waals surface area contributed by atoms with Crippen molar-refractivity contribution in [2.24, 2.45) is 11.1 Å². The minimum atomic E-state index is -0.502. The fourth-order valence-electron chi connectivity index (χ4n) is 3.89. The molecule has 1 atom stereocenters. The standard InChI is InChI=1S/C23H27ClN2O3/c1-16-4-6-18(7-5-16)22(28)26-11-3-10-23(14-26,13-21(25)27)15-29-19-8-9-20(24)17(2)12-19/h4-9,12H,3,10-11,13-15H2,1-2H3,(H2,25,27)/t23-/m0/s1. The van der Waals surface area contributed by atoms with E-state index in [0.717, 1.165) is 24.0 Å². The number of ether oxygens (including phenoxy) is 1. The van der Waals surface area contributed by atoms with E-state index in [1.807, 2.05) is 55.1 Å². The molecule has 1 saturated heterocycles. The number of nitrogens with two attached hydrogens (primary N) is 1. The van der Waals surface area contributed by atoms with Gasteiger partial charge in [0.05, 0.1) is 6.61 Å². The van der Waals surface area contributed by atoms with Crippen LogP contribution in [-0.4, -0.2) is 36.4 Å². The van der Waals surface area contributed by atoms with Crippen LogP contribution in [0, 0.1) is 19.3 Å². The summed E-state index contributed by atoms with van der Waals surface area (Å²) in [5.41, 5.74) is 7.74. The predicted molar refractivity (Wildman–Crippen MR) is 114 cm³/mol. The van der Waals surface area contributed by atoms with Crippen LogP contribution in [0.3, 0.4) is 0 Å². The maximum Gasteiger partial charge on any atom is 0.253 e. The monoisotopic (exact) mass is 414 g/mol. The Bertz CT molecular complexity index is 897. The molecule has 0 saturated carbocycles. The predicted octanol–water partition coefficient (Wildman–Crippen LogP) is 4.13. The maximum absolute atomic E-state index is 13.0. The molecule has 29 heavy (non-hydrogen) atoms. The second-order valence-corrected chi connectivity index (χ2v) is 8.45. The molecular formula is C23H27ClN2O3. The molecule has 2 aromatic carbocycles. The lowest BCUT2D eigenvalue weighted by Gasteiger charge is -2.42. The largest absolute Gasteiger partial charge is 0.493 e. The van der Waals surface area contributed by atoms with E-state index in [0.29, 0.717) is 36.0 Å². The van der Waals surface area contributed by atoms with Crippen molar-refractivity contribution >= 4 is 23.4 Å². The molecule has 154 valence electrons. The SMILES string of the molecule is Cc1ccc(C(=O)N2CCC[C@](COc3ccc(Cl)c(C)c3)(CC(N)=O)C2)cc1. The lowest BCUT2D eigenvalue weighted by atomic mass is 9.77. The minimum Gasteiger partial charge on any atom is -0.493 e. The van der Waals surface area contributed by atoms with E-state index in [1.165, 1.54) is 0 Å². The van der Waals surface area contributed by atoms with Gasteiger partial charge in [-0.2, -0.15) is 0 Å². The molecule has 0 unspecified atom stereocenters. The summed E-state index contributed by atoms with van der Waals surface area (Å²) in [6, 6.07) is 13.0. The summed E-state index contributed by atoms with van der Waals surface area (Å²) in [5.74, 6) is 0.282. The van der Waals surface area contributed by atoms with Crippen LogP contribution in [0.15, 0.2) is 42.5 Å². The molecule has 3 rings (SSSR count). The molecule has 2 aromatic rings. The minimum absolute atomic E-state index is 0.0270. The van der Waals surface area contributed by atoms with Gasteiger partial charge in [-0.15, -0.1) is 0 Å². The number of halogens is 1. The first-order valence-electron chi connectivity index (χ1n) is 9.81. The number of primary amides is 1. The number of hydrogen-bond acceptors (Lipinski definition) is 3. The molecule has 2 amide bonds. The van der Waals surface area contributed by atoms with Gasteiger partial charge in [-0.1, -0.05) is 29.3 Å². The second kappa shape index (κ2) is 8.87. The zero-order valence-corrected chi connectivity index (χ0v) is 17.7. The van der Waals surface area contributed by atoms with Crippen LogP contribution in [0.5, 0.6) is 5.75 Å². The Labute approximate surface area is 176 Å². The maximum atomic E-state index is 13.0. The molecule has 0 bridgehead atoms. The van der Waals surface area contributed by atoms with E-state index < -0.39 is 5.41 Å². The van der Waals surface area contributed by atoms with Crippen LogP contribution in [0.25, 0.3) is 0 Å². The Morgan fingerprint density at radius 3 is 2.55 bits per heavy atom. The fraction of sp³-hybridized carbons (Fsp3) is 0.391. The van der Waals surface area contributed by atoms with E-state index in [2.05, 4.69) is 0 Å². The molecule has 5 nitrogen and oxygen atoms in total. The van der Waals surface area contributed by atoms with E-state index in [-0.39, 0.29) is 18.2 Å². The topological polar surface area (TPSA) is 72.6 Å². The number of aryl methyl sites for hydroxylation is 2. The fourth-order valence-corrected chi connectivity index (χ4v) is 4.00. The summed E-state index contributed by atoms with van der Waals surface area (Å²) in [6.07, 6.45) is 1.76. The van der Waals surface area contributed by atoms with Crippen LogP contribution in [0.1, 0.15) is 40.7 Å². The van der Waals surface area contributed by atoms with E-state index in [4.69, 9.17) is 22.1 Å². The summed E-state index contributed by atoms with van der Waals surface area (Å²) in [5, 5.41) is 0.678. The van der Waals surface area contributed by atoms with E-state index in [9.17, 15) is 9.59 Å². The molecule has 0 aliphatic carbocycles. The zero-order valence-electron chi connectivity index (χ0n) is 16.9. The number of carbonyl (C=O) groups excluding carboxylic acids is 2. The van der Waals surface area contributed by atoms with Crippen LogP contribution in [0.2, 0.25) is 5.02 Å². The lowest BCUT2D eigenvalue weighted by molar-refractivity contribution is -0.122. The van der Waals surface area contributed by atoms with Crippen molar-refractivity contribution < 1.29 is 14.3 Å². The number of likely N-dealkylation sites (tertiary alicyclic amines) is 1. The van der Waals surface area contributed by atoms with Crippen molar-refractivity contribution in [3.8, 4) is 5.75 Å². The molecule has 1 aliphatic rings. The summed E-state index contributed by atoms with van der Waals surface area (Å²) in [4.78, 5) is 26.6. The Morgan fingerprint density at radius 1 is 1.17 bits per heavy atom. The highest BCUT2D eigenvalue weighted by atomic mass is 35.5.